The Hall–Kier alpha value is -1.65. The summed E-state index contributed by atoms with van der Waals surface area (Å²) in [6.07, 6.45) is 1.05. The third-order valence-corrected chi connectivity index (χ3v) is 3.70. The van der Waals surface area contributed by atoms with E-state index >= 15 is 0 Å². The third-order valence-electron chi connectivity index (χ3n) is 3.48. The minimum atomic E-state index is 0.388. The van der Waals surface area contributed by atoms with Gasteiger partial charge in [0, 0.05) is 23.2 Å². The Labute approximate surface area is 117 Å². The average Bonchev–Trinajstić information content (AvgIpc) is 2.91. The fraction of sp³-hybridized carbons (Fsp3) is 0.267. The lowest BCUT2D eigenvalue weighted by atomic mass is 10.0. The molecule has 1 saturated heterocycles. The van der Waals surface area contributed by atoms with Crippen molar-refractivity contribution >= 4 is 33.7 Å². The second kappa shape index (κ2) is 5.15. The van der Waals surface area contributed by atoms with Crippen LogP contribution in [0.5, 0.6) is 0 Å². The molecule has 0 radical (unpaired) electrons. The van der Waals surface area contributed by atoms with Crippen LogP contribution in [0.4, 0.5) is 5.69 Å². The molecule has 1 fully saturated rings. The largest absolute Gasteiger partial charge is 0.389 e. The Morgan fingerprint density at radius 3 is 2.68 bits per heavy atom. The molecule has 0 aliphatic carbocycles. The van der Waals surface area contributed by atoms with E-state index in [1.165, 1.54) is 0 Å². The number of anilines is 1. The number of thiocarbonyl (C=S) groups is 1. The van der Waals surface area contributed by atoms with Crippen LogP contribution in [0.3, 0.4) is 0 Å². The fourth-order valence-electron chi connectivity index (χ4n) is 2.51. The molecular weight excluding hydrogens is 256 g/mol. The van der Waals surface area contributed by atoms with Gasteiger partial charge in [-0.2, -0.15) is 0 Å². The van der Waals surface area contributed by atoms with E-state index in [4.69, 9.17) is 22.7 Å². The van der Waals surface area contributed by atoms with Gasteiger partial charge in [0.1, 0.15) is 4.99 Å². The Morgan fingerprint density at radius 2 is 2.00 bits per heavy atom. The van der Waals surface area contributed by atoms with Crippen LogP contribution in [0.25, 0.3) is 10.8 Å². The second-order valence-corrected chi connectivity index (χ2v) is 5.22. The first-order valence-corrected chi connectivity index (χ1v) is 6.82. The molecule has 98 valence electrons. The average molecular weight is 272 g/mol. The van der Waals surface area contributed by atoms with Crippen molar-refractivity contribution in [1.82, 2.24) is 0 Å². The molecule has 0 saturated carbocycles. The van der Waals surface area contributed by atoms with E-state index in [0.717, 1.165) is 41.7 Å². The van der Waals surface area contributed by atoms with Crippen molar-refractivity contribution in [2.45, 2.75) is 12.5 Å². The van der Waals surface area contributed by atoms with Gasteiger partial charge in [0.2, 0.25) is 0 Å². The van der Waals surface area contributed by atoms with Gasteiger partial charge in [-0.05, 0) is 23.9 Å². The van der Waals surface area contributed by atoms with Crippen molar-refractivity contribution in [2.75, 3.05) is 18.5 Å². The van der Waals surface area contributed by atoms with E-state index in [0.29, 0.717) is 11.0 Å². The zero-order valence-corrected chi connectivity index (χ0v) is 11.4. The highest BCUT2D eigenvalue weighted by Crippen LogP contribution is 2.28. The molecule has 0 bridgehead atoms. The number of benzene rings is 2. The van der Waals surface area contributed by atoms with Crippen molar-refractivity contribution in [2.24, 2.45) is 5.73 Å². The predicted octanol–water partition coefficient (Wildman–Crippen LogP) is 2.67. The first-order chi connectivity index (χ1) is 9.25. The highest BCUT2D eigenvalue weighted by Gasteiger charge is 2.16. The zero-order chi connectivity index (χ0) is 13.2. The van der Waals surface area contributed by atoms with Gasteiger partial charge in [-0.15, -0.1) is 0 Å². The molecule has 3 N–H and O–H groups in total. The summed E-state index contributed by atoms with van der Waals surface area (Å²) in [4.78, 5) is 0.437. The van der Waals surface area contributed by atoms with E-state index in [-0.39, 0.29) is 0 Å². The Morgan fingerprint density at radius 1 is 1.21 bits per heavy atom. The molecule has 1 atom stereocenters. The SMILES string of the molecule is NC(=S)c1ccc(NC2CCOC2)c2ccccc12. The van der Waals surface area contributed by atoms with E-state index in [1.54, 1.807) is 0 Å². The first kappa shape index (κ1) is 12.4. The molecule has 19 heavy (non-hydrogen) atoms. The van der Waals surface area contributed by atoms with Crippen molar-refractivity contribution < 1.29 is 4.74 Å². The molecule has 1 unspecified atom stereocenters. The normalized spacial score (nSPS) is 18.6. The van der Waals surface area contributed by atoms with Gasteiger partial charge in [-0.1, -0.05) is 36.5 Å². The van der Waals surface area contributed by atoms with Gasteiger partial charge >= 0.3 is 0 Å². The number of nitrogens with two attached hydrogens (primary N) is 1. The van der Waals surface area contributed by atoms with Crippen molar-refractivity contribution in [3.63, 3.8) is 0 Å². The molecule has 1 heterocycles. The number of rotatable bonds is 3. The van der Waals surface area contributed by atoms with Gasteiger partial charge < -0.3 is 15.8 Å². The van der Waals surface area contributed by atoms with Crippen LogP contribution in [0.15, 0.2) is 36.4 Å². The Kier molecular flexibility index (Phi) is 3.36. The molecule has 4 heteroatoms. The molecule has 0 spiro atoms. The summed E-state index contributed by atoms with van der Waals surface area (Å²) in [5.74, 6) is 0. The topological polar surface area (TPSA) is 47.3 Å². The molecule has 2 aromatic carbocycles. The molecule has 0 aromatic heterocycles. The summed E-state index contributed by atoms with van der Waals surface area (Å²) in [5.41, 5.74) is 7.83. The van der Waals surface area contributed by atoms with Crippen molar-refractivity contribution in [3.8, 4) is 0 Å². The smallest absolute Gasteiger partial charge is 0.104 e. The zero-order valence-electron chi connectivity index (χ0n) is 10.6. The molecule has 2 aromatic rings. The Bertz CT molecular complexity index is 621. The lowest BCUT2D eigenvalue weighted by molar-refractivity contribution is 0.195. The second-order valence-electron chi connectivity index (χ2n) is 4.78. The monoisotopic (exact) mass is 272 g/mol. The summed E-state index contributed by atoms with van der Waals surface area (Å²) >= 11 is 5.11. The lowest BCUT2D eigenvalue weighted by Gasteiger charge is -2.16. The number of hydrogen-bond acceptors (Lipinski definition) is 3. The quantitative estimate of drug-likeness (QED) is 0.843. The molecular formula is C15H16N2OS. The van der Waals surface area contributed by atoms with E-state index in [9.17, 15) is 0 Å². The summed E-state index contributed by atoms with van der Waals surface area (Å²) < 4.78 is 5.40. The van der Waals surface area contributed by atoms with Crippen LogP contribution in [-0.2, 0) is 4.74 Å². The minimum absolute atomic E-state index is 0.388. The number of ether oxygens (including phenoxy) is 1. The first-order valence-electron chi connectivity index (χ1n) is 6.41. The summed E-state index contributed by atoms with van der Waals surface area (Å²) in [5, 5.41) is 5.79. The maximum atomic E-state index is 5.78. The molecule has 3 nitrogen and oxygen atoms in total. The summed E-state index contributed by atoms with van der Waals surface area (Å²) in [7, 11) is 0. The number of fused-ring (bicyclic) bond motifs is 1. The minimum Gasteiger partial charge on any atom is -0.389 e. The van der Waals surface area contributed by atoms with E-state index in [1.807, 2.05) is 18.2 Å². The highest BCUT2D eigenvalue weighted by molar-refractivity contribution is 7.80. The predicted molar refractivity (Wildman–Crippen MR) is 82.7 cm³/mol. The maximum absolute atomic E-state index is 5.78. The van der Waals surface area contributed by atoms with Crippen LogP contribution >= 0.6 is 12.2 Å². The van der Waals surface area contributed by atoms with Crippen LogP contribution in [0.1, 0.15) is 12.0 Å². The van der Waals surface area contributed by atoms with Gasteiger partial charge in [0.05, 0.1) is 12.6 Å². The summed E-state index contributed by atoms with van der Waals surface area (Å²) in [6.45, 7) is 1.60. The van der Waals surface area contributed by atoms with Crippen molar-refractivity contribution in [1.29, 1.82) is 0 Å². The fourth-order valence-corrected chi connectivity index (χ4v) is 2.69. The van der Waals surface area contributed by atoms with E-state index < -0.39 is 0 Å². The summed E-state index contributed by atoms with van der Waals surface area (Å²) in [6, 6.07) is 12.6. The van der Waals surface area contributed by atoms with Crippen LogP contribution in [-0.4, -0.2) is 24.2 Å². The van der Waals surface area contributed by atoms with Crippen molar-refractivity contribution in [3.05, 3.63) is 42.0 Å². The molecule has 1 aliphatic rings. The van der Waals surface area contributed by atoms with Gasteiger partial charge in [-0.3, -0.25) is 0 Å². The highest BCUT2D eigenvalue weighted by atomic mass is 32.1. The lowest BCUT2D eigenvalue weighted by Crippen LogP contribution is -2.19. The number of hydrogen-bond donors (Lipinski definition) is 2. The maximum Gasteiger partial charge on any atom is 0.104 e. The number of nitrogens with one attached hydrogen (secondary N) is 1. The van der Waals surface area contributed by atoms with Gasteiger partial charge in [-0.25, -0.2) is 0 Å². The third kappa shape index (κ3) is 2.41. The van der Waals surface area contributed by atoms with Gasteiger partial charge in [0.25, 0.3) is 0 Å². The van der Waals surface area contributed by atoms with Crippen LogP contribution < -0.4 is 11.1 Å². The molecule has 0 amide bonds. The van der Waals surface area contributed by atoms with Gasteiger partial charge in [0.15, 0.2) is 0 Å². The van der Waals surface area contributed by atoms with Crippen LogP contribution in [0.2, 0.25) is 0 Å². The van der Waals surface area contributed by atoms with E-state index in [2.05, 4.69) is 23.5 Å². The Balaban J connectivity index is 2.05. The molecule has 3 rings (SSSR count). The standard InChI is InChI=1S/C15H16N2OS/c16-15(19)13-5-6-14(17-10-7-8-18-9-10)12-4-2-1-3-11(12)13/h1-6,10,17H,7-9H2,(H2,16,19). The molecule has 1 aliphatic heterocycles. The van der Waals surface area contributed by atoms with Crippen LogP contribution in [0, 0.1) is 0 Å².